The van der Waals surface area contributed by atoms with Gasteiger partial charge in [0.25, 0.3) is 0 Å². The molecule has 0 saturated carbocycles. The third kappa shape index (κ3) is 2.05. The highest BCUT2D eigenvalue weighted by molar-refractivity contribution is 5.96. The monoisotopic (exact) mass is 284 g/mol. The summed E-state index contributed by atoms with van der Waals surface area (Å²) < 4.78 is 6.73. The molecule has 0 fully saturated rings. The Morgan fingerprint density at radius 2 is 2.14 bits per heavy atom. The quantitative estimate of drug-likeness (QED) is 0.707. The molecule has 0 saturated heterocycles. The summed E-state index contributed by atoms with van der Waals surface area (Å²) in [5, 5.41) is 0. The minimum absolute atomic E-state index is 0.300. The molecule has 6 nitrogen and oxygen atoms in total. The molecule has 0 bridgehead atoms. The lowest BCUT2D eigenvalue weighted by Gasteiger charge is -1.99. The van der Waals surface area contributed by atoms with E-state index in [2.05, 4.69) is 9.97 Å². The maximum atomic E-state index is 11.6. The smallest absolute Gasteiger partial charge is 0.341 e. The van der Waals surface area contributed by atoms with Gasteiger partial charge in [-0.25, -0.2) is 9.78 Å². The van der Waals surface area contributed by atoms with Crippen molar-refractivity contribution in [1.82, 2.24) is 14.5 Å². The molecule has 0 aliphatic rings. The van der Waals surface area contributed by atoms with Crippen molar-refractivity contribution in [2.75, 3.05) is 12.8 Å². The molecule has 0 radical (unpaired) electrons. The van der Waals surface area contributed by atoms with Crippen LogP contribution in [-0.2, 0) is 11.8 Å². The number of esters is 1. The summed E-state index contributed by atoms with van der Waals surface area (Å²) >= 11 is 0. The fourth-order valence-corrected chi connectivity index (χ4v) is 2.39. The molecule has 0 amide bonds. The fourth-order valence-electron chi connectivity index (χ4n) is 2.39. The maximum absolute atomic E-state index is 11.6. The largest absolute Gasteiger partial charge is 0.465 e. The van der Waals surface area contributed by atoms with E-state index in [1.165, 1.54) is 7.11 Å². The van der Waals surface area contributed by atoms with Crippen LogP contribution in [0.1, 0.15) is 16.2 Å². The molecule has 0 unspecified atom stereocenters. The third-order valence-electron chi connectivity index (χ3n) is 3.67. The lowest BCUT2D eigenvalue weighted by Crippen LogP contribution is -2.02. The number of ether oxygens (including phenoxy) is 1. The molecule has 3 rings (SSSR count). The molecule has 2 aromatic heterocycles. The average Bonchev–Trinajstić information content (AvgIpc) is 2.99. The van der Waals surface area contributed by atoms with Crippen molar-refractivity contribution in [2.45, 2.75) is 6.92 Å². The summed E-state index contributed by atoms with van der Waals surface area (Å²) in [5.41, 5.74) is 9.80. The lowest BCUT2D eigenvalue weighted by molar-refractivity contribution is 0.0602. The Morgan fingerprint density at radius 3 is 2.86 bits per heavy atom. The number of aromatic amines is 1. The van der Waals surface area contributed by atoms with Gasteiger partial charge in [-0.1, -0.05) is 6.07 Å². The number of hydrogen-bond donors (Lipinski definition) is 2. The minimum atomic E-state index is -0.454. The molecule has 3 N–H and O–H groups in total. The number of aryl methyl sites for hydroxylation is 2. The molecule has 21 heavy (non-hydrogen) atoms. The van der Waals surface area contributed by atoms with Gasteiger partial charge < -0.3 is 20.0 Å². The SMILES string of the molecule is COC(=O)c1cc(-c2ccc3c(c2)nc(C)n3C)[nH]c1N. The Kier molecular flexibility index (Phi) is 2.94. The first-order chi connectivity index (χ1) is 10.0. The highest BCUT2D eigenvalue weighted by atomic mass is 16.5. The van der Waals surface area contributed by atoms with E-state index in [-0.39, 0.29) is 0 Å². The van der Waals surface area contributed by atoms with Crippen LogP contribution in [0.25, 0.3) is 22.3 Å². The van der Waals surface area contributed by atoms with E-state index in [0.29, 0.717) is 11.4 Å². The predicted octanol–water partition coefficient (Wildman–Crippen LogP) is 2.25. The van der Waals surface area contributed by atoms with Crippen LogP contribution in [0.3, 0.4) is 0 Å². The number of nitrogens with one attached hydrogen (secondary N) is 1. The van der Waals surface area contributed by atoms with Crippen LogP contribution in [0.5, 0.6) is 0 Å². The van der Waals surface area contributed by atoms with Gasteiger partial charge in [-0.2, -0.15) is 0 Å². The van der Waals surface area contributed by atoms with Crippen LogP contribution < -0.4 is 5.73 Å². The summed E-state index contributed by atoms with van der Waals surface area (Å²) in [4.78, 5) is 19.1. The summed E-state index contributed by atoms with van der Waals surface area (Å²) in [6, 6.07) is 7.63. The highest BCUT2D eigenvalue weighted by Gasteiger charge is 2.15. The van der Waals surface area contributed by atoms with Crippen LogP contribution in [0.15, 0.2) is 24.3 Å². The highest BCUT2D eigenvalue weighted by Crippen LogP contribution is 2.27. The Balaban J connectivity index is 2.10. The third-order valence-corrected chi connectivity index (χ3v) is 3.67. The van der Waals surface area contributed by atoms with Crippen molar-refractivity contribution in [3.05, 3.63) is 35.7 Å². The summed E-state index contributed by atoms with van der Waals surface area (Å²) in [6.45, 7) is 1.96. The predicted molar refractivity (Wildman–Crippen MR) is 81.0 cm³/mol. The second-order valence-corrected chi connectivity index (χ2v) is 4.92. The van der Waals surface area contributed by atoms with Crippen LogP contribution in [0.4, 0.5) is 5.82 Å². The van der Waals surface area contributed by atoms with Gasteiger partial charge in [-0.3, -0.25) is 0 Å². The van der Waals surface area contributed by atoms with Crippen molar-refractivity contribution < 1.29 is 9.53 Å². The first-order valence-corrected chi connectivity index (χ1v) is 6.51. The number of methoxy groups -OCH3 is 1. The fraction of sp³-hybridized carbons (Fsp3) is 0.200. The van der Waals surface area contributed by atoms with Gasteiger partial charge in [0, 0.05) is 18.3 Å². The summed E-state index contributed by atoms with van der Waals surface area (Å²) in [6.07, 6.45) is 0. The number of hydrogen-bond acceptors (Lipinski definition) is 4. The standard InChI is InChI=1S/C15H16N4O2/c1-8-17-12-6-9(4-5-13(12)19(8)2)11-7-10(14(16)18-11)15(20)21-3/h4-7,18H,16H2,1-3H3. The molecule has 3 aromatic rings. The number of anilines is 1. The number of nitrogens with zero attached hydrogens (tertiary/aromatic N) is 2. The number of nitrogens with two attached hydrogens (primary N) is 1. The second kappa shape index (κ2) is 4.66. The maximum Gasteiger partial charge on any atom is 0.341 e. The number of carbonyl (C=O) groups is 1. The number of fused-ring (bicyclic) bond motifs is 1. The summed E-state index contributed by atoms with van der Waals surface area (Å²) in [7, 11) is 3.31. The van der Waals surface area contributed by atoms with E-state index in [1.807, 2.05) is 36.7 Å². The number of rotatable bonds is 2. The number of carbonyl (C=O) groups excluding carboxylic acids is 1. The van der Waals surface area contributed by atoms with Gasteiger partial charge >= 0.3 is 5.97 Å². The van der Waals surface area contributed by atoms with Crippen molar-refractivity contribution in [3.63, 3.8) is 0 Å². The van der Waals surface area contributed by atoms with Gasteiger partial charge in [-0.05, 0) is 25.1 Å². The van der Waals surface area contributed by atoms with E-state index in [4.69, 9.17) is 10.5 Å². The number of benzene rings is 1. The Labute approximate surface area is 121 Å². The molecule has 0 aliphatic carbocycles. The molecule has 0 atom stereocenters. The molecule has 0 aliphatic heterocycles. The van der Waals surface area contributed by atoms with Gasteiger partial charge in [0.15, 0.2) is 0 Å². The van der Waals surface area contributed by atoms with Crippen molar-refractivity contribution >= 4 is 22.8 Å². The van der Waals surface area contributed by atoms with Gasteiger partial charge in [-0.15, -0.1) is 0 Å². The zero-order chi connectivity index (χ0) is 15.1. The molecule has 6 heteroatoms. The van der Waals surface area contributed by atoms with Crippen LogP contribution >= 0.6 is 0 Å². The van der Waals surface area contributed by atoms with Gasteiger partial charge in [0.2, 0.25) is 0 Å². The second-order valence-electron chi connectivity index (χ2n) is 4.92. The number of imidazole rings is 1. The summed E-state index contributed by atoms with van der Waals surface area (Å²) in [5.74, 6) is 0.794. The zero-order valence-electron chi connectivity index (χ0n) is 12.1. The molecule has 2 heterocycles. The Hall–Kier alpha value is -2.76. The molecule has 108 valence electrons. The van der Waals surface area contributed by atoms with E-state index < -0.39 is 5.97 Å². The normalized spacial score (nSPS) is 11.0. The van der Waals surface area contributed by atoms with E-state index in [1.54, 1.807) is 6.07 Å². The minimum Gasteiger partial charge on any atom is -0.465 e. The van der Waals surface area contributed by atoms with Gasteiger partial charge in [0.1, 0.15) is 17.2 Å². The van der Waals surface area contributed by atoms with Gasteiger partial charge in [0.05, 0.1) is 18.1 Å². The zero-order valence-corrected chi connectivity index (χ0v) is 12.1. The molecule has 0 spiro atoms. The lowest BCUT2D eigenvalue weighted by atomic mass is 10.1. The Morgan fingerprint density at radius 1 is 1.38 bits per heavy atom. The van der Waals surface area contributed by atoms with E-state index in [0.717, 1.165) is 28.1 Å². The van der Waals surface area contributed by atoms with Crippen molar-refractivity contribution in [3.8, 4) is 11.3 Å². The van der Waals surface area contributed by atoms with E-state index >= 15 is 0 Å². The molecule has 1 aromatic carbocycles. The van der Waals surface area contributed by atoms with Crippen LogP contribution in [0.2, 0.25) is 0 Å². The van der Waals surface area contributed by atoms with E-state index in [9.17, 15) is 4.79 Å². The van der Waals surface area contributed by atoms with Crippen molar-refractivity contribution in [2.24, 2.45) is 7.05 Å². The first kappa shape index (κ1) is 13.2. The Bertz CT molecular complexity index is 845. The number of aromatic nitrogens is 3. The molecular weight excluding hydrogens is 268 g/mol. The first-order valence-electron chi connectivity index (χ1n) is 6.51. The van der Waals surface area contributed by atoms with Crippen molar-refractivity contribution in [1.29, 1.82) is 0 Å². The number of nitrogen functional groups attached to an aromatic ring is 1. The molecular formula is C15H16N4O2. The van der Waals surface area contributed by atoms with Crippen LogP contribution in [0, 0.1) is 6.92 Å². The average molecular weight is 284 g/mol. The topological polar surface area (TPSA) is 85.9 Å². The van der Waals surface area contributed by atoms with Crippen LogP contribution in [-0.4, -0.2) is 27.6 Å². The number of H-pyrrole nitrogens is 1.